The summed E-state index contributed by atoms with van der Waals surface area (Å²) in [5.41, 5.74) is 3.12. The van der Waals surface area contributed by atoms with Gasteiger partial charge in [0.2, 0.25) is 0 Å². The Balaban J connectivity index is 1.73. The lowest BCUT2D eigenvalue weighted by molar-refractivity contribution is -0.128. The zero-order chi connectivity index (χ0) is 20.5. The maximum absolute atomic E-state index is 14.4. The van der Waals surface area contributed by atoms with Gasteiger partial charge in [0.15, 0.2) is 0 Å². The number of rotatable bonds is 3. The molecule has 1 N–H and O–H groups in total. The van der Waals surface area contributed by atoms with E-state index >= 15 is 0 Å². The van der Waals surface area contributed by atoms with Crippen LogP contribution >= 0.6 is 0 Å². The molecule has 29 heavy (non-hydrogen) atoms. The van der Waals surface area contributed by atoms with E-state index in [1.165, 1.54) is 23.2 Å². The van der Waals surface area contributed by atoms with E-state index in [-0.39, 0.29) is 11.5 Å². The molecule has 4 rings (SSSR count). The molecule has 2 heterocycles. The van der Waals surface area contributed by atoms with E-state index in [4.69, 9.17) is 5.26 Å². The number of hydrogen-bond donors (Lipinski definition) is 1. The summed E-state index contributed by atoms with van der Waals surface area (Å²) < 4.78 is 27.7. The molecule has 2 aliphatic rings. The van der Waals surface area contributed by atoms with E-state index in [0.717, 1.165) is 11.6 Å². The van der Waals surface area contributed by atoms with Crippen LogP contribution in [-0.2, 0) is 4.79 Å². The van der Waals surface area contributed by atoms with Gasteiger partial charge in [-0.2, -0.15) is 10.4 Å². The molecule has 1 unspecified atom stereocenters. The van der Waals surface area contributed by atoms with Crippen molar-refractivity contribution in [3.05, 3.63) is 82.9 Å². The molecule has 7 heteroatoms. The van der Waals surface area contributed by atoms with Crippen molar-refractivity contribution >= 4 is 22.9 Å². The highest BCUT2D eigenvalue weighted by Crippen LogP contribution is 2.30. The number of halogens is 2. The zero-order valence-electron chi connectivity index (χ0n) is 15.5. The number of nitrogens with zero attached hydrogens (tertiary/aromatic N) is 3. The van der Waals surface area contributed by atoms with E-state index in [0.29, 0.717) is 29.0 Å². The lowest BCUT2D eigenvalue weighted by Crippen LogP contribution is -2.49. The Morgan fingerprint density at radius 3 is 2.62 bits per heavy atom. The van der Waals surface area contributed by atoms with Gasteiger partial charge in [-0.05, 0) is 42.3 Å². The van der Waals surface area contributed by atoms with Crippen LogP contribution in [0.15, 0.2) is 59.7 Å². The quantitative estimate of drug-likeness (QED) is 0.867. The number of fused-ring (bicyclic) bond motifs is 1. The third kappa shape index (κ3) is 3.41. The molecule has 0 saturated carbocycles. The number of amides is 1. The Morgan fingerprint density at radius 2 is 1.97 bits per heavy atom. The van der Waals surface area contributed by atoms with Crippen LogP contribution < -0.4 is 5.32 Å². The molecular formula is C22H16F2N4O. The molecule has 2 aliphatic heterocycles. The van der Waals surface area contributed by atoms with E-state index in [2.05, 4.69) is 16.5 Å². The molecule has 0 spiro atoms. The Morgan fingerprint density at radius 1 is 1.21 bits per heavy atom. The first kappa shape index (κ1) is 18.6. The van der Waals surface area contributed by atoms with Crippen LogP contribution in [0.1, 0.15) is 30.0 Å². The van der Waals surface area contributed by atoms with Crippen molar-refractivity contribution in [1.29, 1.82) is 5.26 Å². The number of benzene rings is 2. The second kappa shape index (κ2) is 7.32. The lowest BCUT2D eigenvalue weighted by Gasteiger charge is -2.35. The topological polar surface area (TPSA) is 68.5 Å². The molecule has 0 saturated heterocycles. The predicted octanol–water partition coefficient (Wildman–Crippen LogP) is 3.80. The Bertz CT molecular complexity index is 1130. The van der Waals surface area contributed by atoms with Gasteiger partial charge < -0.3 is 5.32 Å². The highest BCUT2D eigenvalue weighted by atomic mass is 19.1. The molecule has 0 radical (unpaired) electrons. The van der Waals surface area contributed by atoms with Crippen LogP contribution in [0.25, 0.3) is 11.3 Å². The van der Waals surface area contributed by atoms with Crippen LogP contribution in [0.2, 0.25) is 0 Å². The summed E-state index contributed by atoms with van der Waals surface area (Å²) in [6, 6.07) is 12.3. The van der Waals surface area contributed by atoms with Gasteiger partial charge in [-0.15, -0.1) is 0 Å². The summed E-state index contributed by atoms with van der Waals surface area (Å²) >= 11 is 0. The fraction of sp³-hybridized carbons (Fsp3) is 0.136. The minimum Gasteiger partial charge on any atom is -0.360 e. The van der Waals surface area contributed by atoms with Gasteiger partial charge >= 0.3 is 0 Å². The molecule has 5 nitrogen and oxygen atoms in total. The minimum absolute atomic E-state index is 0.232. The van der Waals surface area contributed by atoms with E-state index in [1.807, 2.05) is 6.92 Å². The molecule has 144 valence electrons. The second-order valence-electron chi connectivity index (χ2n) is 6.62. The highest BCUT2D eigenvalue weighted by Gasteiger charge is 2.32. The maximum Gasteiger partial charge on any atom is 0.271 e. The number of allylic oxidation sites excluding steroid dienone is 1. The summed E-state index contributed by atoms with van der Waals surface area (Å²) in [7, 11) is 0. The number of hydrazone groups is 1. The number of carbonyl (C=O) groups excluding carboxylic acids is 1. The van der Waals surface area contributed by atoms with E-state index in [1.54, 1.807) is 30.3 Å². The van der Waals surface area contributed by atoms with Crippen LogP contribution in [0.4, 0.5) is 8.78 Å². The largest absolute Gasteiger partial charge is 0.360 e. The van der Waals surface area contributed by atoms with Crippen molar-refractivity contribution in [2.24, 2.45) is 5.10 Å². The summed E-state index contributed by atoms with van der Waals surface area (Å²) in [5, 5.41) is 17.9. The molecule has 2 aromatic rings. The fourth-order valence-corrected chi connectivity index (χ4v) is 3.36. The van der Waals surface area contributed by atoms with Crippen molar-refractivity contribution in [2.75, 3.05) is 0 Å². The first-order valence-corrected chi connectivity index (χ1v) is 9.07. The Kier molecular flexibility index (Phi) is 4.69. The second-order valence-corrected chi connectivity index (χ2v) is 6.62. The van der Waals surface area contributed by atoms with Crippen LogP contribution in [0, 0.1) is 23.0 Å². The van der Waals surface area contributed by atoms with E-state index < -0.39 is 17.8 Å². The maximum atomic E-state index is 14.4. The molecule has 0 aromatic heterocycles. The normalized spacial score (nSPS) is 18.1. The molecule has 0 aliphatic carbocycles. The molecule has 0 fully saturated rings. The van der Waals surface area contributed by atoms with Gasteiger partial charge in [0.1, 0.15) is 17.8 Å². The fourth-order valence-electron chi connectivity index (χ4n) is 3.36. The van der Waals surface area contributed by atoms with Gasteiger partial charge in [-0.3, -0.25) is 4.79 Å². The van der Waals surface area contributed by atoms with E-state index in [9.17, 15) is 13.6 Å². The predicted molar refractivity (Wildman–Crippen MR) is 105 cm³/mol. The number of hydrogen-bond acceptors (Lipinski definition) is 4. The molecule has 2 aromatic carbocycles. The average Bonchev–Trinajstić information content (AvgIpc) is 2.73. The summed E-state index contributed by atoms with van der Waals surface area (Å²) in [6.07, 6.45) is 3.02. The molecule has 0 bridgehead atoms. The monoisotopic (exact) mass is 390 g/mol. The number of carbonyl (C=O) groups is 1. The van der Waals surface area contributed by atoms with Gasteiger partial charge in [-0.25, -0.2) is 13.8 Å². The molecule has 1 amide bonds. The van der Waals surface area contributed by atoms with Crippen molar-refractivity contribution in [2.45, 2.75) is 19.5 Å². The Labute approximate surface area is 166 Å². The SMILES string of the molecule is CCC1=NN2C(=O)C=C(c3ccc(C#N)cc3)NC2C=C1c1ccc(F)cc1F. The van der Waals surface area contributed by atoms with Gasteiger partial charge in [0.25, 0.3) is 5.91 Å². The van der Waals surface area contributed by atoms with Gasteiger partial charge in [-0.1, -0.05) is 19.1 Å². The van der Waals surface area contributed by atoms with Gasteiger partial charge in [0, 0.05) is 29.0 Å². The van der Waals surface area contributed by atoms with Crippen molar-refractivity contribution < 1.29 is 13.6 Å². The van der Waals surface area contributed by atoms with Crippen molar-refractivity contribution in [3.8, 4) is 6.07 Å². The van der Waals surface area contributed by atoms with Crippen molar-refractivity contribution in [1.82, 2.24) is 10.3 Å². The highest BCUT2D eigenvalue weighted by molar-refractivity contribution is 6.25. The molecular weight excluding hydrogens is 374 g/mol. The van der Waals surface area contributed by atoms with Gasteiger partial charge in [0.05, 0.1) is 17.3 Å². The summed E-state index contributed by atoms with van der Waals surface area (Å²) in [6.45, 7) is 1.86. The standard InChI is InChI=1S/C22H16F2N4O/c1-2-19-17(16-8-7-15(23)9-18(16)24)10-21-26-20(11-22(29)28(21)27-19)14-5-3-13(12-25)4-6-14/h3-11,21,26H,2H2,1H3. The summed E-state index contributed by atoms with van der Waals surface area (Å²) in [4.78, 5) is 12.6. The lowest BCUT2D eigenvalue weighted by atomic mass is 9.96. The first-order valence-electron chi connectivity index (χ1n) is 9.07. The van der Waals surface area contributed by atoms with Crippen LogP contribution in [-0.4, -0.2) is 22.8 Å². The minimum atomic E-state index is -0.684. The van der Waals surface area contributed by atoms with Crippen molar-refractivity contribution in [3.63, 3.8) is 0 Å². The third-order valence-corrected chi connectivity index (χ3v) is 4.81. The zero-order valence-corrected chi connectivity index (χ0v) is 15.5. The smallest absolute Gasteiger partial charge is 0.271 e. The molecule has 1 atom stereocenters. The average molecular weight is 390 g/mol. The summed E-state index contributed by atoms with van der Waals surface area (Å²) in [5.74, 6) is -1.65. The number of nitrogens with one attached hydrogen (secondary N) is 1. The van der Waals surface area contributed by atoms with Crippen LogP contribution in [0.3, 0.4) is 0 Å². The Hall–Kier alpha value is -3.79. The third-order valence-electron chi connectivity index (χ3n) is 4.81. The number of nitriles is 1. The first-order chi connectivity index (χ1) is 14.0. The van der Waals surface area contributed by atoms with Crippen LogP contribution in [0.5, 0.6) is 0 Å².